The summed E-state index contributed by atoms with van der Waals surface area (Å²) in [7, 11) is 0. The number of carbonyl (C=O) groups is 2. The number of aryl methyl sites for hydroxylation is 1. The molecule has 2 aliphatic heterocycles. The van der Waals surface area contributed by atoms with Gasteiger partial charge in [0.25, 0.3) is 5.56 Å². The number of alkyl halides is 3. The number of nitrogens with one attached hydrogen (secondary N) is 2. The van der Waals surface area contributed by atoms with Crippen molar-refractivity contribution in [3.8, 4) is 0 Å². The summed E-state index contributed by atoms with van der Waals surface area (Å²) in [6, 6.07) is 12.3. The van der Waals surface area contributed by atoms with Crippen LogP contribution in [0.25, 0.3) is 0 Å². The quantitative estimate of drug-likeness (QED) is 0.188. The predicted molar refractivity (Wildman–Crippen MR) is 193 cm³/mol. The van der Waals surface area contributed by atoms with Crippen molar-refractivity contribution in [2.45, 2.75) is 97.1 Å². The number of hydrogen-bond acceptors (Lipinski definition) is 8. The summed E-state index contributed by atoms with van der Waals surface area (Å²) in [4.78, 5) is 56.2. The molecule has 2 aromatic carbocycles. The molecule has 12 nitrogen and oxygen atoms in total. The van der Waals surface area contributed by atoms with Gasteiger partial charge in [0.05, 0.1) is 43.5 Å². The van der Waals surface area contributed by atoms with Gasteiger partial charge in [-0.05, 0) is 82.0 Å². The number of hydrogen-bond donors (Lipinski definition) is 2. The summed E-state index contributed by atoms with van der Waals surface area (Å²) < 4.78 is 74.1. The van der Waals surface area contributed by atoms with E-state index in [-0.39, 0.29) is 61.9 Å². The number of rotatable bonds is 9. The van der Waals surface area contributed by atoms with Gasteiger partial charge in [0.1, 0.15) is 22.8 Å². The average Bonchev–Trinajstić information content (AvgIpc) is 3.71. The maximum absolute atomic E-state index is 15.3. The lowest BCUT2D eigenvalue weighted by Crippen LogP contribution is -2.50. The zero-order valence-corrected chi connectivity index (χ0v) is 31.1. The van der Waals surface area contributed by atoms with Crippen LogP contribution in [0.2, 0.25) is 0 Å². The van der Waals surface area contributed by atoms with E-state index in [1.54, 1.807) is 64.1 Å². The first-order chi connectivity index (χ1) is 25.8. The van der Waals surface area contributed by atoms with Crippen LogP contribution in [0.4, 0.5) is 28.0 Å². The van der Waals surface area contributed by atoms with Crippen molar-refractivity contribution in [2.24, 2.45) is 0 Å². The van der Waals surface area contributed by atoms with E-state index < -0.39 is 52.3 Å². The van der Waals surface area contributed by atoms with Gasteiger partial charge in [0.2, 0.25) is 11.7 Å². The first-order valence-electron chi connectivity index (χ1n) is 17.8. The Morgan fingerprint density at radius 1 is 0.982 bits per heavy atom. The van der Waals surface area contributed by atoms with Crippen LogP contribution in [-0.2, 0) is 52.3 Å². The molecule has 16 heteroatoms. The van der Waals surface area contributed by atoms with Crippen LogP contribution < -0.4 is 21.9 Å². The Bertz CT molecular complexity index is 2190. The van der Waals surface area contributed by atoms with Crippen molar-refractivity contribution in [3.05, 3.63) is 121 Å². The molecule has 2 amide bonds. The second-order valence-corrected chi connectivity index (χ2v) is 15.0. The molecule has 4 heterocycles. The van der Waals surface area contributed by atoms with Crippen LogP contribution in [0.5, 0.6) is 0 Å². The van der Waals surface area contributed by atoms with Crippen molar-refractivity contribution < 1.29 is 41.0 Å². The van der Waals surface area contributed by atoms with Crippen molar-refractivity contribution in [2.75, 3.05) is 18.4 Å². The van der Waals surface area contributed by atoms with Gasteiger partial charge >= 0.3 is 18.0 Å². The maximum atomic E-state index is 15.3. The molecule has 294 valence electrons. The van der Waals surface area contributed by atoms with Crippen LogP contribution in [0.1, 0.15) is 86.0 Å². The number of furan rings is 1. The highest BCUT2D eigenvalue weighted by Crippen LogP contribution is 2.43. The van der Waals surface area contributed by atoms with Crippen LogP contribution in [0.3, 0.4) is 0 Å². The summed E-state index contributed by atoms with van der Waals surface area (Å²) in [6.07, 6.45) is -4.91. The van der Waals surface area contributed by atoms with Gasteiger partial charge in [-0.1, -0.05) is 24.3 Å². The molecule has 1 atom stereocenters. The summed E-state index contributed by atoms with van der Waals surface area (Å²) in [5, 5.41) is 5.48. The third-order valence-electron chi connectivity index (χ3n) is 9.80. The van der Waals surface area contributed by atoms with Crippen LogP contribution in [0.15, 0.2) is 68.6 Å². The number of alkyl carbamates (subject to hydrolysis) is 1. The van der Waals surface area contributed by atoms with Crippen molar-refractivity contribution >= 4 is 17.7 Å². The SMILES string of the molecule is CC(=O)Nc1cccc(C(Cn2c(=O)c3c(n(Cc4c(C)cccc4F)c2=O)COC32CCN(Cc3ccc(C(F)(F)F)o3)CC2)NC(=O)OC(C)(C)C)c1. The van der Waals surface area contributed by atoms with Gasteiger partial charge in [-0.15, -0.1) is 0 Å². The molecule has 55 heavy (non-hydrogen) atoms. The van der Waals surface area contributed by atoms with Gasteiger partial charge in [0.15, 0.2) is 0 Å². The van der Waals surface area contributed by atoms with Crippen LogP contribution in [0, 0.1) is 12.7 Å². The number of carbonyl (C=O) groups excluding carboxylic acids is 2. The molecule has 2 aromatic heterocycles. The Morgan fingerprint density at radius 2 is 1.69 bits per heavy atom. The van der Waals surface area contributed by atoms with Gasteiger partial charge in [0, 0.05) is 31.3 Å². The minimum atomic E-state index is -4.61. The highest BCUT2D eigenvalue weighted by atomic mass is 19.4. The molecule has 0 bridgehead atoms. The molecule has 6 rings (SSSR count). The van der Waals surface area contributed by atoms with Crippen molar-refractivity contribution in [3.63, 3.8) is 0 Å². The fourth-order valence-corrected chi connectivity index (χ4v) is 7.18. The number of nitrogens with zero attached hydrogens (tertiary/aromatic N) is 3. The molecule has 4 aromatic rings. The number of halogens is 4. The third-order valence-corrected chi connectivity index (χ3v) is 9.80. The zero-order chi connectivity index (χ0) is 39.9. The lowest BCUT2D eigenvalue weighted by Gasteiger charge is -2.38. The minimum Gasteiger partial charge on any atom is -0.455 e. The van der Waals surface area contributed by atoms with Crippen LogP contribution in [-0.4, -0.2) is 44.7 Å². The number of aromatic nitrogens is 2. The fraction of sp³-hybridized carbons (Fsp3) is 0.436. The molecule has 0 saturated carbocycles. The lowest BCUT2D eigenvalue weighted by molar-refractivity contribution is -0.153. The van der Waals surface area contributed by atoms with E-state index in [4.69, 9.17) is 13.9 Å². The van der Waals surface area contributed by atoms with Gasteiger partial charge < -0.3 is 24.5 Å². The van der Waals surface area contributed by atoms with E-state index in [0.29, 0.717) is 35.6 Å². The molecular formula is C39H43F4N5O7. The first-order valence-corrected chi connectivity index (χ1v) is 17.8. The van der Waals surface area contributed by atoms with E-state index >= 15 is 4.39 Å². The highest BCUT2D eigenvalue weighted by molar-refractivity contribution is 5.88. The fourth-order valence-electron chi connectivity index (χ4n) is 7.18. The normalized spacial score (nSPS) is 16.2. The number of amides is 2. The Morgan fingerprint density at radius 3 is 2.33 bits per heavy atom. The van der Waals surface area contributed by atoms with Crippen molar-refractivity contribution in [1.82, 2.24) is 19.4 Å². The van der Waals surface area contributed by atoms with E-state index in [1.165, 1.54) is 23.6 Å². The summed E-state index contributed by atoms with van der Waals surface area (Å²) >= 11 is 0. The maximum Gasteiger partial charge on any atom is 0.449 e. The molecule has 0 aliphatic carbocycles. The van der Waals surface area contributed by atoms with Crippen molar-refractivity contribution in [1.29, 1.82) is 0 Å². The number of piperidine rings is 1. The zero-order valence-electron chi connectivity index (χ0n) is 31.1. The van der Waals surface area contributed by atoms with Gasteiger partial charge in [-0.3, -0.25) is 23.6 Å². The largest absolute Gasteiger partial charge is 0.455 e. The number of fused-ring (bicyclic) bond motifs is 2. The molecule has 1 saturated heterocycles. The Labute approximate surface area is 314 Å². The second kappa shape index (κ2) is 15.1. The number of anilines is 1. The first kappa shape index (κ1) is 39.5. The summed E-state index contributed by atoms with van der Waals surface area (Å²) in [5.41, 5.74) is -1.22. The van der Waals surface area contributed by atoms with Gasteiger partial charge in [-0.25, -0.2) is 14.0 Å². The predicted octanol–water partition coefficient (Wildman–Crippen LogP) is 6.36. The molecule has 0 radical (unpaired) electrons. The number of likely N-dealkylation sites (tertiary alicyclic amines) is 1. The molecule has 2 aliphatic rings. The molecular weight excluding hydrogens is 726 g/mol. The monoisotopic (exact) mass is 769 g/mol. The topological polar surface area (TPSA) is 137 Å². The third kappa shape index (κ3) is 8.70. The Kier molecular flexibility index (Phi) is 10.9. The smallest absolute Gasteiger partial charge is 0.449 e. The Balaban J connectivity index is 1.41. The van der Waals surface area contributed by atoms with Crippen LogP contribution >= 0.6 is 0 Å². The highest BCUT2D eigenvalue weighted by Gasteiger charge is 2.47. The summed E-state index contributed by atoms with van der Waals surface area (Å²) in [6.45, 7) is 8.18. The number of ether oxygens (including phenoxy) is 2. The number of benzene rings is 2. The van der Waals surface area contributed by atoms with E-state index in [2.05, 4.69) is 10.6 Å². The van der Waals surface area contributed by atoms with E-state index in [0.717, 1.165) is 10.6 Å². The average molecular weight is 770 g/mol. The Hall–Kier alpha value is -5.22. The second-order valence-electron chi connectivity index (χ2n) is 15.0. The van der Waals surface area contributed by atoms with E-state index in [1.807, 2.05) is 4.90 Å². The van der Waals surface area contributed by atoms with Gasteiger partial charge in [-0.2, -0.15) is 13.2 Å². The molecule has 1 spiro atoms. The van der Waals surface area contributed by atoms with E-state index in [9.17, 15) is 32.3 Å². The molecule has 1 fully saturated rings. The minimum absolute atomic E-state index is 0.102. The molecule has 1 unspecified atom stereocenters. The standard InChI is InChI=1S/C39H43F4N5O7/c1-23-8-6-11-29(40)28(23)20-47-31-22-53-38(14-16-46(17-15-38)19-27-12-13-32(54-27)39(41,42)43)33(31)34(50)48(36(47)52)21-30(45-35(51)55-37(3,4)5)25-9-7-10-26(18-25)44-24(2)49/h6-13,18,30H,14-17,19-22H2,1-5H3,(H,44,49)(H,45,51). The summed E-state index contributed by atoms with van der Waals surface area (Å²) in [5.74, 6) is -1.82. The molecule has 2 N–H and O–H groups in total. The lowest BCUT2D eigenvalue weighted by atomic mass is 9.85.